The molecular formula is C32H25Cl2FN2O5. The maximum Gasteiger partial charge on any atom is 0.308 e. The second kappa shape index (κ2) is 12.0. The van der Waals surface area contributed by atoms with Crippen molar-refractivity contribution in [3.05, 3.63) is 134 Å². The summed E-state index contributed by atoms with van der Waals surface area (Å²) in [5.41, 5.74) is -1.08. The smallest absolute Gasteiger partial charge is 0.308 e. The third-order valence-electron chi connectivity index (χ3n) is 7.14. The quantitative estimate of drug-likeness (QED) is 0.155. The van der Waals surface area contributed by atoms with E-state index < -0.39 is 35.2 Å². The molecule has 4 aromatic rings. The SMILES string of the molecule is CCOC(=O)CC(c1ccc(Cl)cc1)N1C(=O)c2cc(C(=O)c3ccccn3)cc(F)c2[C@]1(OC)c1ccc(Cl)cc1. The number of carbonyl (C=O) groups is 3. The number of hydrogen-bond donors (Lipinski definition) is 0. The minimum absolute atomic E-state index is 0.0605. The number of carbonyl (C=O) groups excluding carboxylic acids is 3. The fourth-order valence-electron chi connectivity index (χ4n) is 5.35. The van der Waals surface area contributed by atoms with Crippen molar-refractivity contribution in [2.75, 3.05) is 13.7 Å². The van der Waals surface area contributed by atoms with E-state index in [-0.39, 0.29) is 35.4 Å². The summed E-state index contributed by atoms with van der Waals surface area (Å²) < 4.78 is 27.7. The Labute approximate surface area is 251 Å². The van der Waals surface area contributed by atoms with Gasteiger partial charge in [0.1, 0.15) is 11.5 Å². The predicted molar refractivity (Wildman–Crippen MR) is 155 cm³/mol. The van der Waals surface area contributed by atoms with Crippen molar-refractivity contribution in [1.29, 1.82) is 0 Å². The molecule has 42 heavy (non-hydrogen) atoms. The number of ketones is 1. The third kappa shape index (κ3) is 5.17. The average Bonchev–Trinajstić information content (AvgIpc) is 3.25. The standard InChI is InChI=1S/C32H25Cl2FN2O5/c1-3-42-28(38)18-27(19-7-11-22(33)12-8-19)37-31(40)24-16-20(30(39)26-6-4-5-15-36-26)17-25(35)29(24)32(37,41-2)21-9-13-23(34)14-10-21/h4-17,27H,3,18H2,1-2H3/t27?,32-/m1/s1. The van der Waals surface area contributed by atoms with E-state index in [2.05, 4.69) is 4.98 Å². The molecule has 5 rings (SSSR count). The molecule has 1 amide bonds. The van der Waals surface area contributed by atoms with Crippen molar-refractivity contribution in [3.8, 4) is 0 Å². The van der Waals surface area contributed by atoms with Crippen LogP contribution in [0.5, 0.6) is 0 Å². The molecule has 2 heterocycles. The number of ether oxygens (including phenoxy) is 2. The first-order valence-electron chi connectivity index (χ1n) is 13.1. The van der Waals surface area contributed by atoms with Crippen LogP contribution in [0.3, 0.4) is 0 Å². The Morgan fingerprint density at radius 2 is 1.67 bits per heavy atom. The largest absolute Gasteiger partial charge is 0.466 e. The van der Waals surface area contributed by atoms with Crippen molar-refractivity contribution in [2.24, 2.45) is 0 Å². The number of benzene rings is 3. The number of aromatic nitrogens is 1. The van der Waals surface area contributed by atoms with Crippen molar-refractivity contribution in [3.63, 3.8) is 0 Å². The molecule has 0 bridgehead atoms. The minimum atomic E-state index is -1.84. The van der Waals surface area contributed by atoms with Crippen molar-refractivity contribution in [1.82, 2.24) is 9.88 Å². The molecule has 0 N–H and O–H groups in total. The Morgan fingerprint density at radius 3 is 2.26 bits per heavy atom. The van der Waals surface area contributed by atoms with Crippen LogP contribution in [0.25, 0.3) is 0 Å². The topological polar surface area (TPSA) is 85.8 Å². The van der Waals surface area contributed by atoms with E-state index in [1.807, 2.05) is 0 Å². The van der Waals surface area contributed by atoms with Gasteiger partial charge in [0, 0.05) is 34.5 Å². The summed E-state index contributed by atoms with van der Waals surface area (Å²) in [4.78, 5) is 46.0. The monoisotopic (exact) mass is 606 g/mol. The molecular weight excluding hydrogens is 582 g/mol. The van der Waals surface area contributed by atoms with Gasteiger partial charge in [0.05, 0.1) is 30.2 Å². The second-order valence-corrected chi connectivity index (χ2v) is 10.4. The summed E-state index contributed by atoms with van der Waals surface area (Å²) >= 11 is 12.3. The number of esters is 1. The Kier molecular flexibility index (Phi) is 8.41. The molecule has 0 spiro atoms. The van der Waals surface area contributed by atoms with Crippen molar-refractivity contribution < 1.29 is 28.2 Å². The van der Waals surface area contributed by atoms with Gasteiger partial charge in [0.2, 0.25) is 5.78 Å². The van der Waals surface area contributed by atoms with Crippen LogP contribution in [-0.4, -0.2) is 41.3 Å². The van der Waals surface area contributed by atoms with Crippen LogP contribution in [-0.2, 0) is 20.0 Å². The van der Waals surface area contributed by atoms with Crippen LogP contribution in [0.2, 0.25) is 10.0 Å². The van der Waals surface area contributed by atoms with E-state index in [0.717, 1.165) is 6.07 Å². The van der Waals surface area contributed by atoms with Crippen LogP contribution in [0.1, 0.15) is 62.5 Å². The molecule has 3 aromatic carbocycles. The molecule has 1 unspecified atom stereocenters. The first-order valence-corrected chi connectivity index (χ1v) is 13.8. The van der Waals surface area contributed by atoms with Gasteiger partial charge >= 0.3 is 5.97 Å². The normalized spacial score (nSPS) is 16.7. The van der Waals surface area contributed by atoms with E-state index in [9.17, 15) is 14.4 Å². The molecule has 0 aliphatic carbocycles. The first kappa shape index (κ1) is 29.4. The molecule has 1 aliphatic rings. The molecule has 1 aliphatic heterocycles. The third-order valence-corrected chi connectivity index (χ3v) is 7.64. The molecule has 7 nitrogen and oxygen atoms in total. The maximum atomic E-state index is 16.4. The van der Waals surface area contributed by atoms with Crippen molar-refractivity contribution >= 4 is 40.9 Å². The fourth-order valence-corrected chi connectivity index (χ4v) is 5.60. The Bertz CT molecular complexity index is 1650. The van der Waals surface area contributed by atoms with E-state index in [0.29, 0.717) is 21.2 Å². The van der Waals surface area contributed by atoms with Gasteiger partial charge in [-0.1, -0.05) is 53.5 Å². The Morgan fingerprint density at radius 1 is 1.00 bits per heavy atom. The number of methoxy groups -OCH3 is 1. The number of halogens is 3. The van der Waals surface area contributed by atoms with E-state index in [4.69, 9.17) is 32.7 Å². The van der Waals surface area contributed by atoms with Crippen LogP contribution in [0.15, 0.2) is 85.1 Å². The van der Waals surface area contributed by atoms with Gasteiger partial charge in [0.25, 0.3) is 5.91 Å². The summed E-state index contributed by atoms with van der Waals surface area (Å²) in [6, 6.07) is 19.3. The predicted octanol–water partition coefficient (Wildman–Crippen LogP) is 6.76. The number of nitrogens with zero attached hydrogens (tertiary/aromatic N) is 2. The molecule has 0 fully saturated rings. The fraction of sp³-hybridized carbons (Fsp3) is 0.188. The zero-order valence-electron chi connectivity index (χ0n) is 22.6. The van der Waals surface area contributed by atoms with Gasteiger partial charge in [-0.3, -0.25) is 24.3 Å². The van der Waals surface area contributed by atoms with Crippen LogP contribution in [0, 0.1) is 5.82 Å². The molecule has 0 saturated heterocycles. The maximum absolute atomic E-state index is 16.4. The Hall–Kier alpha value is -4.11. The number of rotatable bonds is 9. The summed E-state index contributed by atoms with van der Waals surface area (Å²) in [6.45, 7) is 1.80. The summed E-state index contributed by atoms with van der Waals surface area (Å²) in [5, 5.41) is 0.864. The summed E-state index contributed by atoms with van der Waals surface area (Å²) in [6.07, 6.45) is 1.18. The van der Waals surface area contributed by atoms with Gasteiger partial charge < -0.3 is 9.47 Å². The van der Waals surface area contributed by atoms with E-state index >= 15 is 4.39 Å². The van der Waals surface area contributed by atoms with Gasteiger partial charge in [0.15, 0.2) is 5.72 Å². The highest BCUT2D eigenvalue weighted by molar-refractivity contribution is 6.30. The lowest BCUT2D eigenvalue weighted by atomic mass is 9.89. The summed E-state index contributed by atoms with van der Waals surface area (Å²) in [7, 11) is 1.35. The molecule has 2 atom stereocenters. The van der Waals surface area contributed by atoms with Crippen LogP contribution < -0.4 is 0 Å². The van der Waals surface area contributed by atoms with Crippen LogP contribution >= 0.6 is 23.2 Å². The number of hydrogen-bond acceptors (Lipinski definition) is 6. The lowest BCUT2D eigenvalue weighted by Crippen LogP contribution is -2.49. The molecule has 0 radical (unpaired) electrons. The van der Waals surface area contributed by atoms with Crippen LogP contribution in [0.4, 0.5) is 4.39 Å². The Balaban J connectivity index is 1.76. The summed E-state index contributed by atoms with van der Waals surface area (Å²) in [5.74, 6) is -2.63. The van der Waals surface area contributed by atoms with Crippen molar-refractivity contribution in [2.45, 2.75) is 25.1 Å². The molecule has 214 valence electrons. The minimum Gasteiger partial charge on any atom is -0.466 e. The highest BCUT2D eigenvalue weighted by Gasteiger charge is 2.56. The molecule has 1 aromatic heterocycles. The zero-order chi connectivity index (χ0) is 30.0. The van der Waals surface area contributed by atoms with E-state index in [1.165, 1.54) is 30.3 Å². The van der Waals surface area contributed by atoms with E-state index in [1.54, 1.807) is 67.6 Å². The second-order valence-electron chi connectivity index (χ2n) is 9.53. The molecule has 0 saturated carbocycles. The highest BCUT2D eigenvalue weighted by Crippen LogP contribution is 2.51. The van der Waals surface area contributed by atoms with Gasteiger partial charge in [-0.15, -0.1) is 0 Å². The zero-order valence-corrected chi connectivity index (χ0v) is 24.2. The number of amides is 1. The first-order chi connectivity index (χ1) is 20.2. The van der Waals surface area contributed by atoms with Gasteiger partial charge in [-0.25, -0.2) is 4.39 Å². The number of fused-ring (bicyclic) bond motifs is 1. The van der Waals surface area contributed by atoms with Gasteiger partial charge in [-0.05, 0) is 61.0 Å². The van der Waals surface area contributed by atoms with Gasteiger partial charge in [-0.2, -0.15) is 0 Å². The highest BCUT2D eigenvalue weighted by atomic mass is 35.5. The molecule has 10 heteroatoms. The lowest BCUT2D eigenvalue weighted by Gasteiger charge is -2.42. The average molecular weight is 607 g/mol. The number of pyridine rings is 1. The lowest BCUT2D eigenvalue weighted by molar-refractivity contribution is -0.148.